The van der Waals surface area contributed by atoms with Crippen LogP contribution in [0.2, 0.25) is 0 Å². The van der Waals surface area contributed by atoms with Gasteiger partial charge in [-0.05, 0) is 55.8 Å². The summed E-state index contributed by atoms with van der Waals surface area (Å²) in [7, 11) is -4.65. The van der Waals surface area contributed by atoms with Crippen molar-refractivity contribution in [1.29, 1.82) is 0 Å². The number of rotatable bonds is 6. The highest BCUT2D eigenvalue weighted by Gasteiger charge is 2.24. The zero-order valence-electron chi connectivity index (χ0n) is 17.9. The van der Waals surface area contributed by atoms with Gasteiger partial charge in [-0.15, -0.1) is 0 Å². The van der Waals surface area contributed by atoms with Crippen molar-refractivity contribution in [3.8, 4) is 22.4 Å². The number of sulfonamides is 1. The number of benzene rings is 2. The summed E-state index contributed by atoms with van der Waals surface area (Å²) in [4.78, 5) is 2.56. The number of hydrogen-bond donors (Lipinski definition) is 1. The summed E-state index contributed by atoms with van der Waals surface area (Å²) in [5.41, 5.74) is 0.347. The highest BCUT2D eigenvalue weighted by atomic mass is 32.2. The molecule has 0 bridgehead atoms. The largest absolute Gasteiger partial charge is 0.277 e. The normalized spacial score (nSPS) is 11.7. The van der Waals surface area contributed by atoms with Gasteiger partial charge in [0.05, 0.1) is 5.69 Å². The van der Waals surface area contributed by atoms with E-state index >= 15 is 4.39 Å². The zero-order chi connectivity index (χ0) is 24.6. The van der Waals surface area contributed by atoms with Crippen molar-refractivity contribution in [3.05, 3.63) is 84.3 Å². The second kappa shape index (κ2) is 8.90. The lowest BCUT2D eigenvalue weighted by molar-refractivity contribution is 0.533. The van der Waals surface area contributed by atoms with Gasteiger partial charge in [0.15, 0.2) is 5.82 Å². The molecule has 176 valence electrons. The minimum atomic E-state index is -4.65. The lowest BCUT2D eigenvalue weighted by Crippen LogP contribution is -2.16. The Labute approximate surface area is 192 Å². The van der Waals surface area contributed by atoms with Crippen LogP contribution in [-0.2, 0) is 10.0 Å². The van der Waals surface area contributed by atoms with Crippen molar-refractivity contribution in [2.45, 2.75) is 24.8 Å². The first-order valence-electron chi connectivity index (χ1n) is 10.0. The van der Waals surface area contributed by atoms with E-state index in [0.29, 0.717) is 23.3 Å². The monoisotopic (exact) mass is 490 g/mol. The Morgan fingerprint density at radius 1 is 0.971 bits per heavy atom. The molecule has 0 aliphatic heterocycles. The average Bonchev–Trinajstić information content (AvgIpc) is 3.22. The topological polar surface area (TPSA) is 76.9 Å². The first kappa shape index (κ1) is 23.4. The van der Waals surface area contributed by atoms with Gasteiger partial charge in [-0.2, -0.15) is 9.49 Å². The minimum Gasteiger partial charge on any atom is -0.277 e. The number of hydrogen-bond acceptors (Lipinski definition) is 4. The predicted molar refractivity (Wildman–Crippen MR) is 118 cm³/mol. The van der Waals surface area contributed by atoms with E-state index in [9.17, 15) is 21.6 Å². The summed E-state index contributed by atoms with van der Waals surface area (Å²) in [6.07, 6.45) is 2.88. The molecule has 1 N–H and O–H groups in total. The molecule has 0 radical (unpaired) electrons. The Morgan fingerprint density at radius 3 is 2.44 bits per heavy atom. The number of aromatic nitrogens is 3. The molecule has 4 aromatic rings. The van der Waals surface area contributed by atoms with Crippen LogP contribution in [0.3, 0.4) is 0 Å². The number of halogens is 4. The van der Waals surface area contributed by atoms with Crippen LogP contribution in [0, 0.1) is 23.4 Å². The molecule has 0 aliphatic rings. The summed E-state index contributed by atoms with van der Waals surface area (Å²) < 4.78 is 85.6. The van der Waals surface area contributed by atoms with Crippen molar-refractivity contribution in [1.82, 2.24) is 14.8 Å². The third-order valence-electron chi connectivity index (χ3n) is 4.98. The van der Waals surface area contributed by atoms with Gasteiger partial charge in [-0.25, -0.2) is 26.6 Å². The van der Waals surface area contributed by atoms with Crippen molar-refractivity contribution in [2.75, 3.05) is 4.72 Å². The Bertz CT molecular complexity index is 1490. The van der Waals surface area contributed by atoms with E-state index in [-0.39, 0.29) is 17.3 Å². The summed E-state index contributed by atoms with van der Waals surface area (Å²) in [6.45, 7) is 3.70. The van der Waals surface area contributed by atoms with Gasteiger partial charge in [-0.1, -0.05) is 6.07 Å². The number of anilines is 1. The number of pyridine rings is 1. The minimum absolute atomic E-state index is 0.0773. The van der Waals surface area contributed by atoms with Crippen LogP contribution in [0.15, 0.2) is 65.8 Å². The Kier molecular flexibility index (Phi) is 6.13. The van der Waals surface area contributed by atoms with Crippen molar-refractivity contribution >= 4 is 15.7 Å². The van der Waals surface area contributed by atoms with Crippen LogP contribution in [0.5, 0.6) is 0 Å². The van der Waals surface area contributed by atoms with Gasteiger partial charge in [0.2, 0.25) is 5.95 Å². The fourth-order valence-electron chi connectivity index (χ4n) is 3.31. The number of nitrogens with one attached hydrogen (secondary N) is 1. The molecule has 0 spiro atoms. The predicted octanol–water partition coefficient (Wildman–Crippen LogP) is 5.55. The molecular weight excluding hydrogens is 472 g/mol. The lowest BCUT2D eigenvalue weighted by Gasteiger charge is -2.12. The Hall–Kier alpha value is -3.73. The zero-order valence-corrected chi connectivity index (χ0v) is 18.7. The molecule has 0 saturated carbocycles. The molecule has 0 unspecified atom stereocenters. The average molecular weight is 490 g/mol. The Balaban J connectivity index is 1.82. The molecule has 0 saturated heterocycles. The fraction of sp³-hybridized carbons (Fsp3) is 0.130. The van der Waals surface area contributed by atoms with Crippen molar-refractivity contribution in [2.24, 2.45) is 0 Å². The smallest absolute Gasteiger partial charge is 0.265 e. The Morgan fingerprint density at radius 2 is 1.74 bits per heavy atom. The van der Waals surface area contributed by atoms with Gasteiger partial charge in [0.1, 0.15) is 22.2 Å². The van der Waals surface area contributed by atoms with E-state index in [1.807, 2.05) is 18.6 Å². The standard InChI is InChI=1S/C23H18F4N4O2S/c1-13(2)31-12-17(14-8-9-28-21(26)10-14)23(29-31)16-4-3-5-19(22(16)27)30-34(32,33)20-11-15(24)6-7-18(20)25/h3-13,30H,1-2H3. The molecule has 6 nitrogen and oxygen atoms in total. The van der Waals surface area contributed by atoms with Crippen LogP contribution in [0.25, 0.3) is 22.4 Å². The molecule has 0 fully saturated rings. The second-order valence-electron chi connectivity index (χ2n) is 7.68. The number of nitrogens with zero attached hydrogens (tertiary/aromatic N) is 3. The van der Waals surface area contributed by atoms with Crippen LogP contribution in [0.1, 0.15) is 19.9 Å². The maximum absolute atomic E-state index is 15.5. The van der Waals surface area contributed by atoms with Crippen LogP contribution in [0.4, 0.5) is 23.2 Å². The lowest BCUT2D eigenvalue weighted by atomic mass is 10.0. The molecular formula is C23H18F4N4O2S. The molecule has 2 aromatic heterocycles. The van der Waals surface area contributed by atoms with E-state index in [2.05, 4.69) is 10.1 Å². The molecule has 0 atom stereocenters. The van der Waals surface area contributed by atoms with E-state index in [4.69, 9.17) is 0 Å². The molecule has 2 aromatic carbocycles. The van der Waals surface area contributed by atoms with Crippen molar-refractivity contribution in [3.63, 3.8) is 0 Å². The maximum atomic E-state index is 15.5. The highest BCUT2D eigenvalue weighted by molar-refractivity contribution is 7.92. The second-order valence-corrected chi connectivity index (χ2v) is 9.33. The molecule has 0 amide bonds. The molecule has 0 aliphatic carbocycles. The third-order valence-corrected chi connectivity index (χ3v) is 6.36. The summed E-state index contributed by atoms with van der Waals surface area (Å²) in [6, 6.07) is 8.42. The SMILES string of the molecule is CC(C)n1cc(-c2ccnc(F)c2)c(-c2cccc(NS(=O)(=O)c3cc(F)ccc3F)c2F)n1. The fourth-order valence-corrected chi connectivity index (χ4v) is 4.46. The first-order chi connectivity index (χ1) is 16.1. The van der Waals surface area contributed by atoms with Gasteiger partial charge in [0, 0.05) is 35.6 Å². The van der Waals surface area contributed by atoms with Crippen LogP contribution >= 0.6 is 0 Å². The molecule has 2 heterocycles. The molecule has 11 heteroatoms. The van der Waals surface area contributed by atoms with Crippen LogP contribution < -0.4 is 4.72 Å². The van der Waals surface area contributed by atoms with E-state index in [0.717, 1.165) is 12.1 Å². The maximum Gasteiger partial charge on any atom is 0.265 e. The van der Waals surface area contributed by atoms with Gasteiger partial charge >= 0.3 is 0 Å². The third kappa shape index (κ3) is 4.51. The highest BCUT2D eigenvalue weighted by Crippen LogP contribution is 2.36. The van der Waals surface area contributed by atoms with E-state index in [1.54, 1.807) is 10.9 Å². The molecule has 34 heavy (non-hydrogen) atoms. The van der Waals surface area contributed by atoms with Gasteiger partial charge in [-0.3, -0.25) is 9.40 Å². The summed E-state index contributed by atoms with van der Waals surface area (Å²) in [5.74, 6) is -3.89. The van der Waals surface area contributed by atoms with Gasteiger partial charge < -0.3 is 0 Å². The van der Waals surface area contributed by atoms with E-state index in [1.165, 1.54) is 30.5 Å². The summed E-state index contributed by atoms with van der Waals surface area (Å²) in [5, 5.41) is 4.42. The molecule has 4 rings (SSSR count). The quantitative estimate of drug-likeness (QED) is 0.284. The van der Waals surface area contributed by atoms with Gasteiger partial charge in [0.25, 0.3) is 10.0 Å². The van der Waals surface area contributed by atoms with E-state index < -0.39 is 44.0 Å². The first-order valence-corrected chi connectivity index (χ1v) is 11.5. The van der Waals surface area contributed by atoms with Crippen LogP contribution in [-0.4, -0.2) is 23.2 Å². The van der Waals surface area contributed by atoms with Crippen molar-refractivity contribution < 1.29 is 26.0 Å². The summed E-state index contributed by atoms with van der Waals surface area (Å²) >= 11 is 0.